The molecule has 0 saturated heterocycles. The number of halogens is 1. The maximum Gasteiger partial charge on any atom is 0.251 e. The van der Waals surface area contributed by atoms with Crippen molar-refractivity contribution in [3.05, 3.63) is 65.5 Å². The molecule has 0 bridgehead atoms. The second kappa shape index (κ2) is 8.67. The van der Waals surface area contributed by atoms with Crippen molar-refractivity contribution in [2.45, 2.75) is 6.42 Å². The van der Waals surface area contributed by atoms with Crippen molar-refractivity contribution in [3.63, 3.8) is 0 Å². The van der Waals surface area contributed by atoms with Crippen molar-refractivity contribution in [2.24, 2.45) is 0 Å². The molecule has 0 aliphatic carbocycles. The first-order valence-corrected chi connectivity index (χ1v) is 7.52. The van der Waals surface area contributed by atoms with Crippen LogP contribution in [-0.2, 0) is 11.2 Å². The average Bonchev–Trinajstić information content (AvgIpc) is 2.60. The fourth-order valence-corrected chi connectivity index (χ4v) is 2.13. The summed E-state index contributed by atoms with van der Waals surface area (Å²) in [6.45, 7) is 0.247. The molecule has 6 heteroatoms. The van der Waals surface area contributed by atoms with E-state index in [9.17, 15) is 14.0 Å². The summed E-state index contributed by atoms with van der Waals surface area (Å²) in [7, 11) is 1.40. The number of amides is 2. The van der Waals surface area contributed by atoms with Gasteiger partial charge in [-0.1, -0.05) is 24.3 Å². The van der Waals surface area contributed by atoms with Crippen LogP contribution in [-0.4, -0.2) is 32.0 Å². The van der Waals surface area contributed by atoms with E-state index in [4.69, 9.17) is 4.74 Å². The third-order valence-electron chi connectivity index (χ3n) is 3.40. The van der Waals surface area contributed by atoms with Crippen molar-refractivity contribution >= 4 is 11.8 Å². The molecule has 0 unspecified atom stereocenters. The zero-order chi connectivity index (χ0) is 17.4. The average molecular weight is 330 g/mol. The van der Waals surface area contributed by atoms with Crippen LogP contribution in [0.2, 0.25) is 0 Å². The van der Waals surface area contributed by atoms with E-state index in [1.165, 1.54) is 13.2 Å². The van der Waals surface area contributed by atoms with Crippen LogP contribution in [0.15, 0.2) is 48.5 Å². The maximum absolute atomic E-state index is 13.5. The highest BCUT2D eigenvalue weighted by Crippen LogP contribution is 2.17. The summed E-state index contributed by atoms with van der Waals surface area (Å²) in [6.07, 6.45) is 0.485. The molecule has 0 saturated carbocycles. The van der Waals surface area contributed by atoms with Gasteiger partial charge in [0.25, 0.3) is 5.91 Å². The van der Waals surface area contributed by atoms with Crippen LogP contribution in [0.5, 0.6) is 5.75 Å². The molecule has 2 aromatic rings. The van der Waals surface area contributed by atoms with Gasteiger partial charge < -0.3 is 15.4 Å². The molecule has 0 aliphatic heterocycles. The summed E-state index contributed by atoms with van der Waals surface area (Å²) in [5.74, 6) is -0.848. The van der Waals surface area contributed by atoms with Crippen LogP contribution in [0.3, 0.4) is 0 Å². The van der Waals surface area contributed by atoms with E-state index in [0.717, 1.165) is 5.56 Å². The Morgan fingerprint density at radius 2 is 1.83 bits per heavy atom. The number of methoxy groups -OCH3 is 1. The van der Waals surface area contributed by atoms with Gasteiger partial charge in [0.2, 0.25) is 5.91 Å². The van der Waals surface area contributed by atoms with Gasteiger partial charge in [-0.2, -0.15) is 0 Å². The van der Waals surface area contributed by atoms with Gasteiger partial charge in [-0.15, -0.1) is 0 Å². The standard InChI is InChI=1S/C18H19FN2O3/c1-24-16-8-7-13(11-15(16)19)9-10-20-17(22)12-21-18(23)14-5-3-2-4-6-14/h2-8,11H,9-10,12H2,1H3,(H,20,22)(H,21,23). The number of nitrogens with one attached hydrogen (secondary N) is 2. The van der Waals surface area contributed by atoms with Crippen LogP contribution >= 0.6 is 0 Å². The first-order valence-electron chi connectivity index (χ1n) is 7.52. The lowest BCUT2D eigenvalue weighted by atomic mass is 10.1. The molecule has 2 amide bonds. The Balaban J connectivity index is 1.72. The molecular formula is C18H19FN2O3. The number of carbonyl (C=O) groups is 2. The molecule has 0 aliphatic rings. The van der Waals surface area contributed by atoms with Gasteiger partial charge in [0.15, 0.2) is 11.6 Å². The van der Waals surface area contributed by atoms with Gasteiger partial charge in [-0.3, -0.25) is 9.59 Å². The van der Waals surface area contributed by atoms with E-state index >= 15 is 0 Å². The van der Waals surface area contributed by atoms with Crippen LogP contribution in [0.25, 0.3) is 0 Å². The number of carbonyl (C=O) groups excluding carboxylic acids is 2. The first kappa shape index (κ1) is 17.5. The van der Waals surface area contributed by atoms with Crippen molar-refractivity contribution < 1.29 is 18.7 Å². The summed E-state index contributed by atoms with van der Waals surface area (Å²) in [4.78, 5) is 23.5. The first-order chi connectivity index (χ1) is 11.6. The predicted molar refractivity (Wildman–Crippen MR) is 88.4 cm³/mol. The molecule has 126 valence electrons. The largest absolute Gasteiger partial charge is 0.494 e. The Kier molecular flexibility index (Phi) is 6.31. The molecule has 2 aromatic carbocycles. The Hall–Kier alpha value is -2.89. The molecule has 2 N–H and O–H groups in total. The SMILES string of the molecule is COc1ccc(CCNC(=O)CNC(=O)c2ccccc2)cc1F. The van der Waals surface area contributed by atoms with Gasteiger partial charge in [0, 0.05) is 12.1 Å². The fraction of sp³-hybridized carbons (Fsp3) is 0.222. The zero-order valence-corrected chi connectivity index (χ0v) is 13.3. The highest BCUT2D eigenvalue weighted by atomic mass is 19.1. The van der Waals surface area contributed by atoms with E-state index in [-0.39, 0.29) is 24.1 Å². The van der Waals surface area contributed by atoms with Crippen molar-refractivity contribution in [1.82, 2.24) is 10.6 Å². The predicted octanol–water partition coefficient (Wildman–Crippen LogP) is 1.92. The Morgan fingerprint density at radius 3 is 2.50 bits per heavy atom. The molecule has 0 spiro atoms. The zero-order valence-electron chi connectivity index (χ0n) is 13.3. The molecule has 24 heavy (non-hydrogen) atoms. The summed E-state index contributed by atoms with van der Waals surface area (Å²) in [6, 6.07) is 13.3. The van der Waals surface area contributed by atoms with Crippen LogP contribution in [0, 0.1) is 5.82 Å². The third kappa shape index (κ3) is 5.08. The lowest BCUT2D eigenvalue weighted by Crippen LogP contribution is -2.37. The molecule has 0 heterocycles. The third-order valence-corrected chi connectivity index (χ3v) is 3.40. The van der Waals surface area contributed by atoms with Gasteiger partial charge in [0.05, 0.1) is 13.7 Å². The van der Waals surface area contributed by atoms with E-state index in [0.29, 0.717) is 18.5 Å². The molecule has 2 rings (SSSR count). The molecule has 0 fully saturated rings. The van der Waals surface area contributed by atoms with E-state index in [1.54, 1.807) is 36.4 Å². The molecule has 5 nitrogen and oxygen atoms in total. The van der Waals surface area contributed by atoms with E-state index < -0.39 is 5.82 Å². The quantitative estimate of drug-likeness (QED) is 0.815. The van der Waals surface area contributed by atoms with Gasteiger partial charge in [-0.25, -0.2) is 4.39 Å². The summed E-state index contributed by atoms with van der Waals surface area (Å²) in [5, 5.41) is 5.22. The van der Waals surface area contributed by atoms with Crippen LogP contribution in [0.4, 0.5) is 4.39 Å². The second-order valence-electron chi connectivity index (χ2n) is 5.12. The van der Waals surface area contributed by atoms with Crippen LogP contribution in [0.1, 0.15) is 15.9 Å². The van der Waals surface area contributed by atoms with E-state index in [1.807, 2.05) is 6.07 Å². The summed E-state index contributed by atoms with van der Waals surface area (Å²) in [5.41, 5.74) is 1.25. The molecule has 0 atom stereocenters. The van der Waals surface area contributed by atoms with Gasteiger partial charge in [0.1, 0.15) is 0 Å². The number of benzene rings is 2. The number of hydrogen-bond donors (Lipinski definition) is 2. The fourth-order valence-electron chi connectivity index (χ4n) is 2.13. The minimum Gasteiger partial charge on any atom is -0.494 e. The number of ether oxygens (including phenoxy) is 1. The number of hydrogen-bond acceptors (Lipinski definition) is 3. The van der Waals surface area contributed by atoms with Crippen molar-refractivity contribution in [2.75, 3.05) is 20.2 Å². The highest BCUT2D eigenvalue weighted by Gasteiger charge is 2.08. The second-order valence-corrected chi connectivity index (χ2v) is 5.12. The Bertz CT molecular complexity index is 705. The lowest BCUT2D eigenvalue weighted by Gasteiger charge is -2.08. The maximum atomic E-state index is 13.5. The molecule has 0 aromatic heterocycles. The summed E-state index contributed by atoms with van der Waals surface area (Å²) >= 11 is 0. The minimum atomic E-state index is -0.434. The number of rotatable bonds is 7. The van der Waals surface area contributed by atoms with Gasteiger partial charge in [-0.05, 0) is 36.2 Å². The van der Waals surface area contributed by atoms with E-state index in [2.05, 4.69) is 10.6 Å². The normalized spacial score (nSPS) is 10.1. The monoisotopic (exact) mass is 330 g/mol. The highest BCUT2D eigenvalue weighted by molar-refractivity contribution is 5.96. The van der Waals surface area contributed by atoms with Crippen LogP contribution < -0.4 is 15.4 Å². The minimum absolute atomic E-state index is 0.106. The van der Waals surface area contributed by atoms with Crippen molar-refractivity contribution in [3.8, 4) is 5.75 Å². The Labute approximate surface area is 139 Å². The Morgan fingerprint density at radius 1 is 1.08 bits per heavy atom. The lowest BCUT2D eigenvalue weighted by molar-refractivity contribution is -0.120. The topological polar surface area (TPSA) is 67.4 Å². The van der Waals surface area contributed by atoms with Crippen molar-refractivity contribution in [1.29, 1.82) is 0 Å². The molecular weight excluding hydrogens is 311 g/mol. The van der Waals surface area contributed by atoms with Gasteiger partial charge >= 0.3 is 0 Å². The smallest absolute Gasteiger partial charge is 0.251 e. The summed E-state index contributed by atoms with van der Waals surface area (Å²) < 4.78 is 18.4. The molecule has 0 radical (unpaired) electrons.